The summed E-state index contributed by atoms with van der Waals surface area (Å²) < 4.78 is 5.98. The molecule has 0 saturated heterocycles. The Morgan fingerprint density at radius 2 is 1.77 bits per heavy atom. The van der Waals surface area contributed by atoms with Gasteiger partial charge in [0.25, 0.3) is 0 Å². The minimum absolute atomic E-state index is 0.116. The van der Waals surface area contributed by atoms with Gasteiger partial charge in [0, 0.05) is 4.47 Å². The van der Waals surface area contributed by atoms with Gasteiger partial charge < -0.3 is 16.2 Å². The SMILES string of the molecule is NC(N)=N/N=C\c1ccc(OC(=O)c2ccccc2Br)cc1. The molecule has 0 aromatic heterocycles. The van der Waals surface area contributed by atoms with E-state index in [-0.39, 0.29) is 5.96 Å². The van der Waals surface area contributed by atoms with Crippen molar-refractivity contribution < 1.29 is 9.53 Å². The van der Waals surface area contributed by atoms with Crippen LogP contribution in [0.2, 0.25) is 0 Å². The van der Waals surface area contributed by atoms with Crippen LogP contribution in [0, 0.1) is 0 Å². The normalized spacial score (nSPS) is 10.4. The summed E-state index contributed by atoms with van der Waals surface area (Å²) in [6.45, 7) is 0. The Morgan fingerprint density at radius 3 is 2.41 bits per heavy atom. The van der Waals surface area contributed by atoms with Crippen LogP contribution in [0.5, 0.6) is 5.75 Å². The van der Waals surface area contributed by atoms with E-state index in [9.17, 15) is 4.79 Å². The second-order valence-electron chi connectivity index (χ2n) is 4.21. The van der Waals surface area contributed by atoms with Gasteiger partial charge in [-0.1, -0.05) is 12.1 Å². The van der Waals surface area contributed by atoms with E-state index in [0.717, 1.165) is 5.56 Å². The van der Waals surface area contributed by atoms with Gasteiger partial charge in [-0.05, 0) is 57.9 Å². The second kappa shape index (κ2) is 7.37. The third-order valence-corrected chi connectivity index (χ3v) is 3.26. The van der Waals surface area contributed by atoms with E-state index in [4.69, 9.17) is 16.2 Å². The molecular formula is C15H13BrN4O2. The number of carbonyl (C=O) groups excluding carboxylic acids is 1. The van der Waals surface area contributed by atoms with E-state index >= 15 is 0 Å². The lowest BCUT2D eigenvalue weighted by atomic mass is 10.2. The summed E-state index contributed by atoms with van der Waals surface area (Å²) in [5.74, 6) is -0.121. The number of ether oxygens (including phenoxy) is 1. The van der Waals surface area contributed by atoms with Crippen LogP contribution in [0.1, 0.15) is 15.9 Å². The number of halogens is 1. The lowest BCUT2D eigenvalue weighted by Gasteiger charge is -2.05. The number of nitrogens with zero attached hydrogens (tertiary/aromatic N) is 2. The fourth-order valence-corrected chi connectivity index (χ4v) is 2.02. The molecule has 0 amide bonds. The average Bonchev–Trinajstić information content (AvgIpc) is 2.49. The molecule has 0 aliphatic carbocycles. The number of esters is 1. The quantitative estimate of drug-likeness (QED) is 0.287. The van der Waals surface area contributed by atoms with Crippen molar-refractivity contribution in [2.75, 3.05) is 0 Å². The standard InChI is InChI=1S/C15H13BrN4O2/c16-13-4-2-1-3-12(13)14(21)22-11-7-5-10(6-8-11)9-19-20-15(17)18/h1-9H,(H4,17,18,20)/b19-9-. The molecular weight excluding hydrogens is 348 g/mol. The zero-order valence-electron chi connectivity index (χ0n) is 11.4. The van der Waals surface area contributed by atoms with E-state index in [1.807, 2.05) is 6.07 Å². The van der Waals surface area contributed by atoms with Crippen LogP contribution >= 0.6 is 15.9 Å². The Bertz CT molecular complexity index is 723. The summed E-state index contributed by atoms with van der Waals surface area (Å²) in [6.07, 6.45) is 1.49. The van der Waals surface area contributed by atoms with Gasteiger partial charge in [-0.2, -0.15) is 5.10 Å². The third kappa shape index (κ3) is 4.42. The minimum Gasteiger partial charge on any atom is -0.423 e. The van der Waals surface area contributed by atoms with Gasteiger partial charge >= 0.3 is 5.97 Å². The highest BCUT2D eigenvalue weighted by atomic mass is 79.9. The molecule has 0 saturated carbocycles. The molecule has 112 valence electrons. The first-order valence-electron chi connectivity index (χ1n) is 6.25. The fraction of sp³-hybridized carbons (Fsp3) is 0. The first-order chi connectivity index (χ1) is 10.6. The zero-order chi connectivity index (χ0) is 15.9. The van der Waals surface area contributed by atoms with Crippen LogP contribution in [0.25, 0.3) is 0 Å². The van der Waals surface area contributed by atoms with Crippen molar-refractivity contribution in [1.29, 1.82) is 0 Å². The van der Waals surface area contributed by atoms with Crippen LogP contribution in [0.15, 0.2) is 63.2 Å². The Balaban J connectivity index is 2.05. The van der Waals surface area contributed by atoms with Gasteiger partial charge in [0.15, 0.2) is 0 Å². The van der Waals surface area contributed by atoms with Crippen molar-refractivity contribution in [2.45, 2.75) is 0 Å². The number of guanidine groups is 1. The summed E-state index contributed by atoms with van der Waals surface area (Å²) in [5, 5.41) is 7.18. The highest BCUT2D eigenvalue weighted by Gasteiger charge is 2.11. The first kappa shape index (κ1) is 15.7. The number of carbonyl (C=O) groups is 1. The number of rotatable bonds is 4. The van der Waals surface area contributed by atoms with Gasteiger partial charge in [-0.3, -0.25) is 0 Å². The number of nitrogens with two attached hydrogens (primary N) is 2. The largest absolute Gasteiger partial charge is 0.423 e. The highest BCUT2D eigenvalue weighted by Crippen LogP contribution is 2.19. The molecule has 0 aliphatic rings. The summed E-state index contributed by atoms with van der Waals surface area (Å²) in [4.78, 5) is 12.0. The first-order valence-corrected chi connectivity index (χ1v) is 7.04. The fourth-order valence-electron chi connectivity index (χ4n) is 1.57. The summed E-state index contributed by atoms with van der Waals surface area (Å²) in [7, 11) is 0. The monoisotopic (exact) mass is 360 g/mol. The van der Waals surface area contributed by atoms with Crippen molar-refractivity contribution >= 4 is 34.1 Å². The van der Waals surface area contributed by atoms with Crippen LogP contribution in [-0.4, -0.2) is 18.1 Å². The Kier molecular flexibility index (Phi) is 5.26. The molecule has 7 heteroatoms. The number of benzene rings is 2. The molecule has 0 unspecified atom stereocenters. The minimum atomic E-state index is -0.436. The Hall–Kier alpha value is -2.67. The zero-order valence-corrected chi connectivity index (χ0v) is 13.0. The molecule has 2 aromatic rings. The Morgan fingerprint density at radius 1 is 1.09 bits per heavy atom. The molecule has 0 atom stereocenters. The summed E-state index contributed by atoms with van der Waals surface area (Å²) in [6, 6.07) is 13.8. The number of hydrogen-bond donors (Lipinski definition) is 2. The van der Waals surface area contributed by atoms with Crippen LogP contribution in [0.4, 0.5) is 0 Å². The Labute approximate surface area is 135 Å². The lowest BCUT2D eigenvalue weighted by Crippen LogP contribution is -2.21. The van der Waals surface area contributed by atoms with E-state index in [1.165, 1.54) is 6.21 Å². The molecule has 0 bridgehead atoms. The van der Waals surface area contributed by atoms with Gasteiger partial charge in [-0.15, -0.1) is 5.10 Å². The molecule has 0 heterocycles. The number of hydrogen-bond acceptors (Lipinski definition) is 4. The molecule has 2 rings (SSSR count). The third-order valence-electron chi connectivity index (χ3n) is 2.56. The van der Waals surface area contributed by atoms with Crippen LogP contribution < -0.4 is 16.2 Å². The molecule has 0 radical (unpaired) electrons. The van der Waals surface area contributed by atoms with E-state index in [2.05, 4.69) is 26.1 Å². The second-order valence-corrected chi connectivity index (χ2v) is 5.06. The smallest absolute Gasteiger partial charge is 0.344 e. The maximum Gasteiger partial charge on any atom is 0.344 e. The van der Waals surface area contributed by atoms with Crippen molar-refractivity contribution in [3.8, 4) is 5.75 Å². The maximum absolute atomic E-state index is 12.0. The van der Waals surface area contributed by atoms with Gasteiger partial charge in [0.1, 0.15) is 5.75 Å². The van der Waals surface area contributed by atoms with Crippen molar-refractivity contribution in [3.05, 3.63) is 64.1 Å². The van der Waals surface area contributed by atoms with E-state index in [1.54, 1.807) is 42.5 Å². The maximum atomic E-state index is 12.0. The topological polar surface area (TPSA) is 103 Å². The molecule has 0 fully saturated rings. The summed E-state index contributed by atoms with van der Waals surface area (Å²) in [5.41, 5.74) is 11.5. The van der Waals surface area contributed by atoms with Crippen molar-refractivity contribution in [2.24, 2.45) is 21.7 Å². The van der Waals surface area contributed by atoms with Crippen molar-refractivity contribution in [3.63, 3.8) is 0 Å². The highest BCUT2D eigenvalue weighted by molar-refractivity contribution is 9.10. The predicted molar refractivity (Wildman–Crippen MR) is 88.9 cm³/mol. The molecule has 22 heavy (non-hydrogen) atoms. The lowest BCUT2D eigenvalue weighted by molar-refractivity contribution is 0.0734. The van der Waals surface area contributed by atoms with Crippen molar-refractivity contribution in [1.82, 2.24) is 0 Å². The van der Waals surface area contributed by atoms with Crippen LogP contribution in [0.3, 0.4) is 0 Å². The molecule has 0 aliphatic heterocycles. The van der Waals surface area contributed by atoms with Gasteiger partial charge in [0.05, 0.1) is 11.8 Å². The average molecular weight is 361 g/mol. The van der Waals surface area contributed by atoms with Gasteiger partial charge in [-0.25, -0.2) is 4.79 Å². The van der Waals surface area contributed by atoms with Gasteiger partial charge in [0.2, 0.25) is 5.96 Å². The molecule has 4 N–H and O–H groups in total. The predicted octanol–water partition coefficient (Wildman–Crippen LogP) is 2.28. The van der Waals surface area contributed by atoms with E-state index < -0.39 is 5.97 Å². The van der Waals surface area contributed by atoms with Crippen LogP contribution in [-0.2, 0) is 0 Å². The summed E-state index contributed by atoms with van der Waals surface area (Å²) >= 11 is 3.31. The molecule has 2 aromatic carbocycles. The molecule has 6 nitrogen and oxygen atoms in total. The van der Waals surface area contributed by atoms with E-state index in [0.29, 0.717) is 15.8 Å². The molecule has 0 spiro atoms.